The van der Waals surface area contributed by atoms with E-state index in [9.17, 15) is 14.0 Å². The predicted octanol–water partition coefficient (Wildman–Crippen LogP) is 1.70. The number of rotatable bonds is 5. The molecule has 0 bridgehead atoms. The first-order chi connectivity index (χ1) is 13.6. The van der Waals surface area contributed by atoms with Gasteiger partial charge in [-0.1, -0.05) is 18.2 Å². The molecule has 0 unspecified atom stereocenters. The fourth-order valence-electron chi connectivity index (χ4n) is 4.03. The van der Waals surface area contributed by atoms with E-state index in [1.807, 2.05) is 12.1 Å². The maximum absolute atomic E-state index is 13.4. The normalized spacial score (nSPS) is 23.5. The SMILES string of the molecule is O=C(NCc1cccnc1)[C@@H]1CN(C(=O)Cc2cccc(F)c2)[C@H]2CCO[C@H]12. The lowest BCUT2D eigenvalue weighted by Gasteiger charge is -2.22. The first-order valence-electron chi connectivity index (χ1n) is 9.44. The van der Waals surface area contributed by atoms with Gasteiger partial charge in [0.05, 0.1) is 24.5 Å². The van der Waals surface area contributed by atoms with Gasteiger partial charge in [0.25, 0.3) is 0 Å². The molecule has 4 rings (SSSR count). The van der Waals surface area contributed by atoms with Crippen molar-refractivity contribution >= 4 is 11.8 Å². The number of carbonyl (C=O) groups is 2. The molecule has 146 valence electrons. The summed E-state index contributed by atoms with van der Waals surface area (Å²) in [5.41, 5.74) is 1.54. The van der Waals surface area contributed by atoms with Gasteiger partial charge in [0.2, 0.25) is 11.8 Å². The smallest absolute Gasteiger partial charge is 0.227 e. The lowest BCUT2D eigenvalue weighted by Crippen LogP contribution is -2.38. The molecular formula is C21H22FN3O3. The van der Waals surface area contributed by atoms with Gasteiger partial charge in [0, 0.05) is 32.1 Å². The van der Waals surface area contributed by atoms with Crippen LogP contribution in [0.25, 0.3) is 0 Å². The number of ether oxygens (including phenoxy) is 1. The van der Waals surface area contributed by atoms with Crippen molar-refractivity contribution in [2.24, 2.45) is 5.92 Å². The van der Waals surface area contributed by atoms with Crippen LogP contribution in [0.15, 0.2) is 48.8 Å². The van der Waals surface area contributed by atoms with Crippen molar-refractivity contribution < 1.29 is 18.7 Å². The van der Waals surface area contributed by atoms with E-state index in [0.29, 0.717) is 31.7 Å². The molecule has 1 aromatic heterocycles. The highest BCUT2D eigenvalue weighted by molar-refractivity contribution is 5.84. The molecular weight excluding hydrogens is 361 g/mol. The number of hydrogen-bond donors (Lipinski definition) is 1. The summed E-state index contributed by atoms with van der Waals surface area (Å²) in [5.74, 6) is -0.988. The quantitative estimate of drug-likeness (QED) is 0.853. The molecule has 2 aliphatic rings. The monoisotopic (exact) mass is 383 g/mol. The number of halogens is 1. The number of fused-ring (bicyclic) bond motifs is 1. The van der Waals surface area contributed by atoms with E-state index in [2.05, 4.69) is 10.3 Å². The Morgan fingerprint density at radius 3 is 2.89 bits per heavy atom. The summed E-state index contributed by atoms with van der Waals surface area (Å²) in [5, 5.41) is 2.92. The van der Waals surface area contributed by atoms with Crippen LogP contribution in [0.3, 0.4) is 0 Å². The van der Waals surface area contributed by atoms with Gasteiger partial charge in [0.15, 0.2) is 0 Å². The molecule has 0 aliphatic carbocycles. The molecule has 2 amide bonds. The van der Waals surface area contributed by atoms with Crippen molar-refractivity contribution in [2.75, 3.05) is 13.2 Å². The molecule has 3 atom stereocenters. The molecule has 2 saturated heterocycles. The molecule has 3 heterocycles. The maximum Gasteiger partial charge on any atom is 0.227 e. The van der Waals surface area contributed by atoms with E-state index in [1.54, 1.807) is 29.4 Å². The molecule has 7 heteroatoms. The van der Waals surface area contributed by atoms with Gasteiger partial charge in [-0.05, 0) is 35.7 Å². The zero-order chi connectivity index (χ0) is 19.5. The Hall–Kier alpha value is -2.80. The molecule has 0 radical (unpaired) electrons. The van der Waals surface area contributed by atoms with E-state index in [1.165, 1.54) is 12.1 Å². The third-order valence-corrected chi connectivity index (χ3v) is 5.38. The van der Waals surface area contributed by atoms with Crippen molar-refractivity contribution in [1.82, 2.24) is 15.2 Å². The zero-order valence-electron chi connectivity index (χ0n) is 15.4. The van der Waals surface area contributed by atoms with Crippen molar-refractivity contribution in [1.29, 1.82) is 0 Å². The summed E-state index contributed by atoms with van der Waals surface area (Å²) < 4.78 is 19.2. The summed E-state index contributed by atoms with van der Waals surface area (Å²) in [4.78, 5) is 31.3. The number of carbonyl (C=O) groups excluding carboxylic acids is 2. The second kappa shape index (κ2) is 8.06. The van der Waals surface area contributed by atoms with Crippen LogP contribution in [0.5, 0.6) is 0 Å². The average molecular weight is 383 g/mol. The van der Waals surface area contributed by atoms with Crippen LogP contribution in [0.2, 0.25) is 0 Å². The molecule has 2 aromatic rings. The molecule has 0 saturated carbocycles. The number of benzene rings is 1. The van der Waals surface area contributed by atoms with Crippen LogP contribution in [0.4, 0.5) is 4.39 Å². The van der Waals surface area contributed by atoms with Gasteiger partial charge < -0.3 is 15.0 Å². The minimum Gasteiger partial charge on any atom is -0.375 e. The Bertz CT molecular complexity index is 861. The minimum atomic E-state index is -0.402. The van der Waals surface area contributed by atoms with Crippen molar-refractivity contribution in [3.05, 3.63) is 65.7 Å². The fraction of sp³-hybridized carbons (Fsp3) is 0.381. The summed E-state index contributed by atoms with van der Waals surface area (Å²) in [6.07, 6.45) is 3.93. The van der Waals surface area contributed by atoms with Gasteiger partial charge in [-0.25, -0.2) is 4.39 Å². The lowest BCUT2D eigenvalue weighted by molar-refractivity contribution is -0.131. The van der Waals surface area contributed by atoms with E-state index >= 15 is 0 Å². The second-order valence-electron chi connectivity index (χ2n) is 7.23. The van der Waals surface area contributed by atoms with Crippen molar-refractivity contribution in [3.8, 4) is 0 Å². The van der Waals surface area contributed by atoms with Crippen molar-refractivity contribution in [3.63, 3.8) is 0 Å². The van der Waals surface area contributed by atoms with Gasteiger partial charge in [-0.3, -0.25) is 14.6 Å². The number of pyridine rings is 1. The van der Waals surface area contributed by atoms with Crippen LogP contribution in [0, 0.1) is 11.7 Å². The molecule has 1 N–H and O–H groups in total. The van der Waals surface area contributed by atoms with Gasteiger partial charge in [-0.2, -0.15) is 0 Å². The summed E-state index contributed by atoms with van der Waals surface area (Å²) in [6.45, 7) is 1.24. The third-order valence-electron chi connectivity index (χ3n) is 5.38. The zero-order valence-corrected chi connectivity index (χ0v) is 15.4. The number of nitrogens with one attached hydrogen (secondary N) is 1. The molecule has 0 spiro atoms. The fourth-order valence-corrected chi connectivity index (χ4v) is 4.03. The minimum absolute atomic E-state index is 0.102. The Morgan fingerprint density at radius 1 is 1.25 bits per heavy atom. The molecule has 28 heavy (non-hydrogen) atoms. The highest BCUT2D eigenvalue weighted by Crippen LogP contribution is 2.34. The number of hydrogen-bond acceptors (Lipinski definition) is 4. The first kappa shape index (κ1) is 18.6. The highest BCUT2D eigenvalue weighted by atomic mass is 19.1. The van der Waals surface area contributed by atoms with Crippen LogP contribution in [0.1, 0.15) is 17.5 Å². The van der Waals surface area contributed by atoms with Crippen LogP contribution < -0.4 is 5.32 Å². The van der Waals surface area contributed by atoms with Gasteiger partial charge >= 0.3 is 0 Å². The Labute approximate surface area is 162 Å². The summed E-state index contributed by atoms with van der Waals surface area (Å²) in [6, 6.07) is 9.67. The van der Waals surface area contributed by atoms with Crippen LogP contribution in [-0.4, -0.2) is 47.0 Å². The van der Waals surface area contributed by atoms with E-state index in [4.69, 9.17) is 4.74 Å². The number of nitrogens with zero attached hydrogens (tertiary/aromatic N) is 2. The Kier molecular flexibility index (Phi) is 5.34. The largest absolute Gasteiger partial charge is 0.375 e. The van der Waals surface area contributed by atoms with Gasteiger partial charge in [-0.15, -0.1) is 0 Å². The van der Waals surface area contributed by atoms with Crippen LogP contribution >= 0.6 is 0 Å². The lowest BCUT2D eigenvalue weighted by atomic mass is 10.0. The predicted molar refractivity (Wildman–Crippen MR) is 99.5 cm³/mol. The van der Waals surface area contributed by atoms with Gasteiger partial charge in [0.1, 0.15) is 5.82 Å². The van der Waals surface area contributed by atoms with E-state index < -0.39 is 5.92 Å². The Balaban J connectivity index is 1.41. The number of amides is 2. The highest BCUT2D eigenvalue weighted by Gasteiger charge is 2.50. The Morgan fingerprint density at radius 2 is 2.11 bits per heavy atom. The average Bonchev–Trinajstić information content (AvgIpc) is 3.29. The number of aromatic nitrogens is 1. The first-order valence-corrected chi connectivity index (χ1v) is 9.44. The summed E-state index contributed by atoms with van der Waals surface area (Å²) in [7, 11) is 0. The molecule has 2 fully saturated rings. The maximum atomic E-state index is 13.4. The van der Waals surface area contributed by atoms with Crippen molar-refractivity contribution in [2.45, 2.75) is 31.5 Å². The number of likely N-dealkylation sites (tertiary alicyclic amines) is 1. The molecule has 2 aliphatic heterocycles. The topological polar surface area (TPSA) is 71.5 Å². The second-order valence-corrected chi connectivity index (χ2v) is 7.23. The molecule has 6 nitrogen and oxygen atoms in total. The van der Waals surface area contributed by atoms with Crippen LogP contribution in [-0.2, 0) is 27.3 Å². The standard InChI is InChI=1S/C21H22FN3O3/c22-16-5-1-3-14(9-16)10-19(26)25-13-17(20-18(25)6-8-28-20)21(27)24-12-15-4-2-7-23-11-15/h1-5,7,9,11,17-18,20H,6,8,10,12-13H2,(H,24,27)/t17-,18+,20-/m1/s1. The molecule has 1 aromatic carbocycles. The third kappa shape index (κ3) is 3.89. The van der Waals surface area contributed by atoms with E-state index in [0.717, 1.165) is 5.56 Å². The van der Waals surface area contributed by atoms with E-state index in [-0.39, 0.29) is 36.2 Å². The summed E-state index contributed by atoms with van der Waals surface area (Å²) >= 11 is 0.